The number of rotatable bonds is 5. The first-order valence-electron chi connectivity index (χ1n) is 8.29. The summed E-state index contributed by atoms with van der Waals surface area (Å²) in [4.78, 5) is 33.3. The summed E-state index contributed by atoms with van der Waals surface area (Å²) in [6.07, 6.45) is 0.651. The fourth-order valence-electron chi connectivity index (χ4n) is 2.87. The fourth-order valence-corrected chi connectivity index (χ4v) is 3.59. The van der Waals surface area contributed by atoms with Crippen LogP contribution in [0.25, 0.3) is 11.0 Å². The third-order valence-corrected chi connectivity index (χ3v) is 5.06. The minimum atomic E-state index is -0.469. The van der Waals surface area contributed by atoms with Gasteiger partial charge in [0, 0.05) is 18.5 Å². The van der Waals surface area contributed by atoms with Crippen molar-refractivity contribution >= 4 is 28.7 Å². The molecule has 0 bridgehead atoms. The zero-order valence-corrected chi connectivity index (χ0v) is 16.0. The number of hydrogen-bond donors (Lipinski definition) is 1. The first-order valence-corrected chi connectivity index (χ1v) is 9.27. The number of thioether (sulfide) groups is 1. The van der Waals surface area contributed by atoms with E-state index in [0.29, 0.717) is 35.8 Å². The second-order valence-electron chi connectivity index (χ2n) is 7.19. The molecule has 1 amide bonds. The zero-order valence-electron chi connectivity index (χ0n) is 15.2. The Balaban J connectivity index is 2.17. The van der Waals surface area contributed by atoms with Gasteiger partial charge in [-0.1, -0.05) is 23.9 Å². The average molecular weight is 374 g/mol. The molecule has 2 aromatic heterocycles. The van der Waals surface area contributed by atoms with Gasteiger partial charge in [0.1, 0.15) is 0 Å². The molecule has 138 valence electrons. The molecule has 0 fully saturated rings. The van der Waals surface area contributed by atoms with Crippen LogP contribution in [0.4, 0.5) is 0 Å². The van der Waals surface area contributed by atoms with E-state index in [2.05, 4.69) is 16.5 Å². The number of nitrogens with zero attached hydrogens (tertiary/aromatic N) is 3. The molecule has 2 aromatic rings. The summed E-state index contributed by atoms with van der Waals surface area (Å²) in [5.74, 6) is -0.427. The second-order valence-corrected chi connectivity index (χ2v) is 8.13. The van der Waals surface area contributed by atoms with Crippen LogP contribution in [0.3, 0.4) is 0 Å². The van der Waals surface area contributed by atoms with Gasteiger partial charge >= 0.3 is 0 Å². The Morgan fingerprint density at radius 2 is 2.19 bits per heavy atom. The maximum atomic E-state index is 13.0. The molecule has 0 saturated carbocycles. The maximum Gasteiger partial charge on any atom is 0.263 e. The molecule has 8 heteroatoms. The molecule has 3 rings (SSSR count). The van der Waals surface area contributed by atoms with Crippen molar-refractivity contribution in [1.29, 1.82) is 0 Å². The molecule has 3 heterocycles. The lowest BCUT2D eigenvalue weighted by Gasteiger charge is -2.31. The number of ether oxygens (including phenoxy) is 1. The van der Waals surface area contributed by atoms with Crippen LogP contribution in [0.1, 0.15) is 32.0 Å². The second kappa shape index (κ2) is 6.85. The van der Waals surface area contributed by atoms with Gasteiger partial charge in [-0.3, -0.25) is 14.2 Å². The third-order valence-electron chi connectivity index (χ3n) is 4.06. The van der Waals surface area contributed by atoms with E-state index in [1.165, 1.54) is 4.57 Å². The van der Waals surface area contributed by atoms with Crippen molar-refractivity contribution in [1.82, 2.24) is 14.5 Å². The van der Waals surface area contributed by atoms with Gasteiger partial charge in [0.05, 0.1) is 29.0 Å². The van der Waals surface area contributed by atoms with Gasteiger partial charge in [0.25, 0.3) is 5.56 Å². The van der Waals surface area contributed by atoms with Gasteiger partial charge in [-0.15, -0.1) is 0 Å². The lowest BCUT2D eigenvalue weighted by molar-refractivity contribution is -0.115. The van der Waals surface area contributed by atoms with Crippen molar-refractivity contribution in [2.45, 2.75) is 51.1 Å². The van der Waals surface area contributed by atoms with Crippen LogP contribution in [-0.2, 0) is 29.1 Å². The minimum Gasteiger partial charge on any atom is -0.370 e. The molecule has 7 nitrogen and oxygen atoms in total. The van der Waals surface area contributed by atoms with Gasteiger partial charge in [0.2, 0.25) is 5.91 Å². The molecule has 0 atom stereocenters. The van der Waals surface area contributed by atoms with Crippen molar-refractivity contribution in [3.05, 3.63) is 39.8 Å². The van der Waals surface area contributed by atoms with Crippen LogP contribution in [-0.4, -0.2) is 31.8 Å². The fraction of sp³-hybridized carbons (Fsp3) is 0.444. The largest absolute Gasteiger partial charge is 0.370 e. The first kappa shape index (κ1) is 18.6. The van der Waals surface area contributed by atoms with Crippen molar-refractivity contribution in [2.75, 3.05) is 5.75 Å². The molecule has 0 aliphatic carbocycles. The molecule has 0 radical (unpaired) electrons. The Morgan fingerprint density at radius 1 is 1.46 bits per heavy atom. The van der Waals surface area contributed by atoms with E-state index in [4.69, 9.17) is 10.5 Å². The van der Waals surface area contributed by atoms with Crippen molar-refractivity contribution < 1.29 is 9.53 Å². The average Bonchev–Trinajstić information content (AvgIpc) is 2.53. The molecule has 0 aromatic carbocycles. The van der Waals surface area contributed by atoms with Gasteiger partial charge in [-0.25, -0.2) is 9.97 Å². The predicted molar refractivity (Wildman–Crippen MR) is 101 cm³/mol. The summed E-state index contributed by atoms with van der Waals surface area (Å²) in [5.41, 5.74) is 7.74. The highest BCUT2D eigenvalue weighted by molar-refractivity contribution is 7.99. The first-order chi connectivity index (χ1) is 12.2. The van der Waals surface area contributed by atoms with Crippen LogP contribution in [0, 0.1) is 0 Å². The number of nitrogens with two attached hydrogens (primary N) is 1. The number of pyridine rings is 1. The lowest BCUT2D eigenvalue weighted by Crippen LogP contribution is -2.33. The number of aromatic nitrogens is 3. The highest BCUT2D eigenvalue weighted by Crippen LogP contribution is 2.28. The molecule has 0 spiro atoms. The molecule has 0 unspecified atom stereocenters. The standard InChI is InChI=1S/C18H22N4O3S/c1-10(2)7-22-16(24)12-5-11-8-25-18(3,4)6-13(11)20-15(12)21-17(22)26-9-14(19)23/h5H,1,6-9H2,2-4H3,(H2,19,23). The Kier molecular flexibility index (Phi) is 4.90. The lowest BCUT2D eigenvalue weighted by atomic mass is 9.95. The van der Waals surface area contributed by atoms with E-state index in [1.54, 1.807) is 0 Å². The van der Waals surface area contributed by atoms with Crippen molar-refractivity contribution in [3.8, 4) is 0 Å². The molecule has 2 N–H and O–H groups in total. The highest BCUT2D eigenvalue weighted by atomic mass is 32.2. The quantitative estimate of drug-likeness (QED) is 0.487. The summed E-state index contributed by atoms with van der Waals surface area (Å²) in [7, 11) is 0. The van der Waals surface area contributed by atoms with E-state index >= 15 is 0 Å². The van der Waals surface area contributed by atoms with Crippen LogP contribution in [0.15, 0.2) is 28.2 Å². The molecule has 1 aliphatic heterocycles. The van der Waals surface area contributed by atoms with Crippen LogP contribution in [0.2, 0.25) is 0 Å². The van der Waals surface area contributed by atoms with E-state index in [9.17, 15) is 9.59 Å². The third kappa shape index (κ3) is 3.81. The summed E-state index contributed by atoms with van der Waals surface area (Å²) >= 11 is 1.13. The number of allylic oxidation sites excluding steroid dienone is 1. The Hall–Kier alpha value is -2.19. The molecular formula is C18H22N4O3S. The van der Waals surface area contributed by atoms with Gasteiger partial charge < -0.3 is 10.5 Å². The smallest absolute Gasteiger partial charge is 0.263 e. The van der Waals surface area contributed by atoms with Crippen molar-refractivity contribution in [3.63, 3.8) is 0 Å². The number of primary amides is 1. The molecule has 1 aliphatic rings. The summed E-state index contributed by atoms with van der Waals surface area (Å²) in [5, 5.41) is 0.861. The maximum absolute atomic E-state index is 13.0. The normalized spacial score (nSPS) is 15.7. The number of carbonyl (C=O) groups is 1. The van der Waals surface area contributed by atoms with Crippen LogP contribution < -0.4 is 11.3 Å². The number of hydrogen-bond acceptors (Lipinski definition) is 6. The Morgan fingerprint density at radius 3 is 2.85 bits per heavy atom. The van der Waals surface area contributed by atoms with E-state index in [1.807, 2.05) is 26.8 Å². The van der Waals surface area contributed by atoms with E-state index in [-0.39, 0.29) is 16.9 Å². The number of fused-ring (bicyclic) bond motifs is 2. The summed E-state index contributed by atoms with van der Waals surface area (Å²) < 4.78 is 7.34. The van der Waals surface area contributed by atoms with Crippen LogP contribution >= 0.6 is 11.8 Å². The zero-order chi connectivity index (χ0) is 19.1. The van der Waals surface area contributed by atoms with Crippen LogP contribution in [0.5, 0.6) is 0 Å². The predicted octanol–water partition coefficient (Wildman–Crippen LogP) is 1.80. The van der Waals surface area contributed by atoms with Gasteiger partial charge in [-0.2, -0.15) is 0 Å². The summed E-state index contributed by atoms with van der Waals surface area (Å²) in [6.45, 7) is 10.5. The molecule has 0 saturated heterocycles. The van der Waals surface area contributed by atoms with Gasteiger partial charge in [-0.05, 0) is 26.8 Å². The minimum absolute atomic E-state index is 0.0416. The summed E-state index contributed by atoms with van der Waals surface area (Å²) in [6, 6.07) is 1.82. The SMILES string of the molecule is C=C(C)Cn1c(SCC(N)=O)nc2nc3c(cc2c1=O)COC(C)(C)C3. The highest BCUT2D eigenvalue weighted by Gasteiger charge is 2.28. The number of carbonyl (C=O) groups excluding carboxylic acids is 1. The van der Waals surface area contributed by atoms with E-state index < -0.39 is 5.91 Å². The monoisotopic (exact) mass is 374 g/mol. The van der Waals surface area contributed by atoms with Crippen molar-refractivity contribution in [2.24, 2.45) is 5.73 Å². The van der Waals surface area contributed by atoms with Gasteiger partial charge in [0.15, 0.2) is 10.8 Å². The molecular weight excluding hydrogens is 352 g/mol. The molecule has 26 heavy (non-hydrogen) atoms. The number of amides is 1. The van der Waals surface area contributed by atoms with E-state index in [0.717, 1.165) is 28.6 Å². The topological polar surface area (TPSA) is 100 Å². The Labute approximate surface area is 155 Å². The Bertz CT molecular complexity index is 965.